The van der Waals surface area contributed by atoms with E-state index in [0.717, 1.165) is 10.0 Å². The lowest BCUT2D eigenvalue weighted by Gasteiger charge is -2.19. The second-order valence-electron chi connectivity index (χ2n) is 3.77. The average molecular weight is 308 g/mol. The van der Waals surface area contributed by atoms with Crippen molar-refractivity contribution in [3.8, 4) is 0 Å². The summed E-state index contributed by atoms with van der Waals surface area (Å²) in [6, 6.07) is 5.53. The summed E-state index contributed by atoms with van der Waals surface area (Å²) in [5.41, 5.74) is 3.72. The van der Waals surface area contributed by atoms with E-state index in [1.165, 1.54) is 0 Å². The van der Waals surface area contributed by atoms with Crippen LogP contribution in [0.1, 0.15) is 25.5 Å². The molecule has 1 unspecified atom stereocenters. The first-order valence-corrected chi connectivity index (χ1v) is 6.24. The summed E-state index contributed by atoms with van der Waals surface area (Å²) in [4.78, 5) is 0. The highest BCUT2D eigenvalue weighted by Gasteiger charge is 2.14. The first-order valence-electron chi connectivity index (χ1n) is 5.07. The number of hydrogen-bond acceptors (Lipinski definition) is 3. The third kappa shape index (κ3) is 4.03. The monoisotopic (exact) mass is 306 g/mol. The molecule has 1 aromatic carbocycles. The van der Waals surface area contributed by atoms with Crippen LogP contribution in [0.3, 0.4) is 0 Å². The Morgan fingerprint density at radius 3 is 2.75 bits per heavy atom. The van der Waals surface area contributed by atoms with Crippen molar-refractivity contribution in [1.82, 2.24) is 5.43 Å². The van der Waals surface area contributed by atoms with Gasteiger partial charge in [0, 0.05) is 9.50 Å². The molecule has 0 aliphatic heterocycles. The van der Waals surface area contributed by atoms with Crippen LogP contribution in [0.5, 0.6) is 0 Å². The number of nitrogens with two attached hydrogens (primary N) is 1. The zero-order chi connectivity index (χ0) is 12.1. The van der Waals surface area contributed by atoms with Crippen molar-refractivity contribution in [1.29, 1.82) is 0 Å². The maximum Gasteiger partial charge on any atom is 0.0705 e. The molecule has 0 fully saturated rings. The van der Waals surface area contributed by atoms with Crippen LogP contribution in [0.2, 0.25) is 5.02 Å². The van der Waals surface area contributed by atoms with Crippen LogP contribution < -0.4 is 11.3 Å². The SMILES string of the molecule is CC(C)OCC(NN)c1cc(Cl)ccc1Br. The summed E-state index contributed by atoms with van der Waals surface area (Å²) in [5.74, 6) is 5.52. The van der Waals surface area contributed by atoms with Gasteiger partial charge in [-0.25, -0.2) is 0 Å². The number of benzene rings is 1. The van der Waals surface area contributed by atoms with Gasteiger partial charge in [0.2, 0.25) is 0 Å². The lowest BCUT2D eigenvalue weighted by molar-refractivity contribution is 0.0610. The number of hydrazine groups is 1. The van der Waals surface area contributed by atoms with E-state index in [-0.39, 0.29) is 12.1 Å². The van der Waals surface area contributed by atoms with Crippen molar-refractivity contribution in [3.05, 3.63) is 33.3 Å². The zero-order valence-electron chi connectivity index (χ0n) is 9.34. The Labute approximate surface area is 109 Å². The van der Waals surface area contributed by atoms with Gasteiger partial charge in [0.05, 0.1) is 18.8 Å². The molecule has 0 spiro atoms. The van der Waals surface area contributed by atoms with Crippen LogP contribution in [0.25, 0.3) is 0 Å². The van der Waals surface area contributed by atoms with Crippen LogP contribution >= 0.6 is 27.5 Å². The smallest absolute Gasteiger partial charge is 0.0705 e. The van der Waals surface area contributed by atoms with Gasteiger partial charge in [0.15, 0.2) is 0 Å². The van der Waals surface area contributed by atoms with Gasteiger partial charge >= 0.3 is 0 Å². The fraction of sp³-hybridized carbons (Fsp3) is 0.455. The normalized spacial score (nSPS) is 13.1. The fourth-order valence-electron chi connectivity index (χ4n) is 1.30. The Kier molecular flexibility index (Phi) is 5.72. The first-order chi connectivity index (χ1) is 7.54. The Morgan fingerprint density at radius 2 is 2.19 bits per heavy atom. The van der Waals surface area contributed by atoms with Crippen molar-refractivity contribution in [2.24, 2.45) is 5.84 Å². The van der Waals surface area contributed by atoms with Crippen molar-refractivity contribution < 1.29 is 4.74 Å². The van der Waals surface area contributed by atoms with E-state index in [2.05, 4.69) is 21.4 Å². The standard InChI is InChI=1S/C11H16BrClN2O/c1-7(2)16-6-11(15-14)9-5-8(13)3-4-10(9)12/h3-5,7,11,15H,6,14H2,1-2H3. The zero-order valence-corrected chi connectivity index (χ0v) is 11.7. The summed E-state index contributed by atoms with van der Waals surface area (Å²) in [6.45, 7) is 4.48. The molecule has 0 amide bonds. The Morgan fingerprint density at radius 1 is 1.50 bits per heavy atom. The highest BCUT2D eigenvalue weighted by atomic mass is 79.9. The molecule has 0 radical (unpaired) electrons. The van der Waals surface area contributed by atoms with Gasteiger partial charge in [-0.2, -0.15) is 0 Å². The molecule has 3 nitrogen and oxygen atoms in total. The van der Waals surface area contributed by atoms with E-state index in [9.17, 15) is 0 Å². The van der Waals surface area contributed by atoms with Gasteiger partial charge in [-0.1, -0.05) is 27.5 Å². The number of hydrogen-bond donors (Lipinski definition) is 2. The Balaban J connectivity index is 2.81. The molecular weight excluding hydrogens is 291 g/mol. The lowest BCUT2D eigenvalue weighted by atomic mass is 10.1. The second-order valence-corrected chi connectivity index (χ2v) is 5.06. The minimum Gasteiger partial charge on any atom is -0.377 e. The van der Waals surface area contributed by atoms with E-state index in [1.54, 1.807) is 0 Å². The summed E-state index contributed by atoms with van der Waals surface area (Å²) in [7, 11) is 0. The van der Waals surface area contributed by atoms with E-state index in [0.29, 0.717) is 11.6 Å². The first kappa shape index (κ1) is 13.9. The maximum absolute atomic E-state index is 5.95. The molecule has 0 aliphatic carbocycles. The summed E-state index contributed by atoms with van der Waals surface area (Å²) >= 11 is 9.42. The summed E-state index contributed by atoms with van der Waals surface area (Å²) in [5, 5.41) is 0.683. The number of nitrogens with one attached hydrogen (secondary N) is 1. The lowest BCUT2D eigenvalue weighted by Crippen LogP contribution is -2.32. The van der Waals surface area contributed by atoms with Crippen LogP contribution in [-0.4, -0.2) is 12.7 Å². The topological polar surface area (TPSA) is 47.3 Å². The molecule has 3 N–H and O–H groups in total. The van der Waals surface area contributed by atoms with Gasteiger partial charge in [-0.15, -0.1) is 0 Å². The van der Waals surface area contributed by atoms with Crippen molar-refractivity contribution in [2.45, 2.75) is 26.0 Å². The van der Waals surface area contributed by atoms with Crippen molar-refractivity contribution in [3.63, 3.8) is 0 Å². The molecule has 0 saturated heterocycles. The van der Waals surface area contributed by atoms with Crippen LogP contribution in [0.15, 0.2) is 22.7 Å². The third-order valence-electron chi connectivity index (χ3n) is 2.13. The largest absolute Gasteiger partial charge is 0.377 e. The van der Waals surface area contributed by atoms with Crippen molar-refractivity contribution >= 4 is 27.5 Å². The number of halogens is 2. The number of rotatable bonds is 5. The van der Waals surface area contributed by atoms with Crippen LogP contribution in [0.4, 0.5) is 0 Å². The van der Waals surface area contributed by atoms with Gasteiger partial charge in [-0.05, 0) is 37.6 Å². The molecule has 1 atom stereocenters. The average Bonchev–Trinajstić information content (AvgIpc) is 2.23. The van der Waals surface area contributed by atoms with Gasteiger partial charge in [-0.3, -0.25) is 11.3 Å². The minimum atomic E-state index is -0.0736. The molecule has 0 heterocycles. The van der Waals surface area contributed by atoms with E-state index < -0.39 is 0 Å². The molecule has 1 rings (SSSR count). The molecular formula is C11H16BrClN2O. The highest BCUT2D eigenvalue weighted by Crippen LogP contribution is 2.26. The van der Waals surface area contributed by atoms with Crippen molar-refractivity contribution in [2.75, 3.05) is 6.61 Å². The second kappa shape index (κ2) is 6.57. The molecule has 0 aromatic heterocycles. The molecule has 0 bridgehead atoms. The molecule has 0 saturated carbocycles. The Bertz CT molecular complexity index is 347. The van der Waals surface area contributed by atoms with Gasteiger partial charge in [0.1, 0.15) is 0 Å². The third-order valence-corrected chi connectivity index (χ3v) is 3.09. The summed E-state index contributed by atoms with van der Waals surface area (Å²) in [6.07, 6.45) is 0.175. The van der Waals surface area contributed by atoms with E-state index in [4.69, 9.17) is 22.2 Å². The molecule has 5 heteroatoms. The maximum atomic E-state index is 5.95. The van der Waals surface area contributed by atoms with Crippen LogP contribution in [0, 0.1) is 0 Å². The number of ether oxygens (including phenoxy) is 1. The molecule has 0 aliphatic rings. The molecule has 16 heavy (non-hydrogen) atoms. The van der Waals surface area contributed by atoms with Gasteiger partial charge in [0.25, 0.3) is 0 Å². The quantitative estimate of drug-likeness (QED) is 0.649. The van der Waals surface area contributed by atoms with Crippen LogP contribution in [-0.2, 0) is 4.74 Å². The summed E-state index contributed by atoms with van der Waals surface area (Å²) < 4.78 is 6.50. The molecule has 1 aromatic rings. The van der Waals surface area contributed by atoms with E-state index in [1.807, 2.05) is 32.0 Å². The fourth-order valence-corrected chi connectivity index (χ4v) is 2.00. The Hall–Kier alpha value is -0.130. The molecule has 90 valence electrons. The van der Waals surface area contributed by atoms with Gasteiger partial charge < -0.3 is 4.74 Å². The van der Waals surface area contributed by atoms with E-state index >= 15 is 0 Å². The predicted octanol–water partition coefficient (Wildman–Crippen LogP) is 3.03. The highest BCUT2D eigenvalue weighted by molar-refractivity contribution is 9.10. The minimum absolute atomic E-state index is 0.0736. The predicted molar refractivity (Wildman–Crippen MR) is 70.3 cm³/mol.